The number of hydrogen-bond donors (Lipinski definition) is 1. The molecule has 4 rings (SSSR count). The Hall–Kier alpha value is -3.64. The zero-order valence-electron chi connectivity index (χ0n) is 19.6. The molecule has 5 nitrogen and oxygen atoms in total. The number of rotatable bonds is 6. The van der Waals surface area contributed by atoms with Crippen LogP contribution in [0.5, 0.6) is 5.75 Å². The van der Waals surface area contributed by atoms with Crippen LogP contribution in [0.4, 0.5) is 10.1 Å². The van der Waals surface area contributed by atoms with E-state index in [2.05, 4.69) is 0 Å². The largest absolute Gasteiger partial charge is 0.507 e. The molecule has 0 saturated carbocycles. The summed E-state index contributed by atoms with van der Waals surface area (Å²) < 4.78 is 19.6. The monoisotopic (exact) mass is 493 g/mol. The summed E-state index contributed by atoms with van der Waals surface area (Å²) in [5.74, 6) is -2.13. The van der Waals surface area contributed by atoms with Crippen molar-refractivity contribution < 1.29 is 23.8 Å². The van der Waals surface area contributed by atoms with Crippen LogP contribution in [0.1, 0.15) is 43.5 Å². The maximum atomic E-state index is 13.9. The maximum absolute atomic E-state index is 13.9. The van der Waals surface area contributed by atoms with Gasteiger partial charge in [0.15, 0.2) is 0 Å². The minimum absolute atomic E-state index is 0.0682. The number of nitrogens with zero attached hydrogens (tertiary/aromatic N) is 1. The van der Waals surface area contributed by atoms with Gasteiger partial charge in [0.1, 0.15) is 17.3 Å². The number of carbonyl (C=O) groups excluding carboxylic acids is 2. The predicted octanol–water partition coefficient (Wildman–Crippen LogP) is 6.46. The number of amides is 1. The predicted molar refractivity (Wildman–Crippen MR) is 134 cm³/mol. The van der Waals surface area contributed by atoms with Crippen LogP contribution in [0.25, 0.3) is 5.76 Å². The zero-order valence-corrected chi connectivity index (χ0v) is 20.3. The fourth-order valence-corrected chi connectivity index (χ4v) is 4.30. The topological polar surface area (TPSA) is 66.8 Å². The summed E-state index contributed by atoms with van der Waals surface area (Å²) in [6.07, 6.45) is 0.731. The maximum Gasteiger partial charge on any atom is 0.300 e. The molecule has 0 bridgehead atoms. The molecule has 0 aromatic heterocycles. The van der Waals surface area contributed by atoms with E-state index in [1.54, 1.807) is 24.3 Å². The molecule has 180 valence electrons. The van der Waals surface area contributed by atoms with E-state index < -0.39 is 23.5 Å². The van der Waals surface area contributed by atoms with Gasteiger partial charge in [-0.3, -0.25) is 14.5 Å². The number of ether oxygens (including phenoxy) is 1. The minimum atomic E-state index is -0.933. The molecule has 1 heterocycles. The van der Waals surface area contributed by atoms with Crippen LogP contribution in [0.2, 0.25) is 5.02 Å². The number of Topliss-reactive ketones (excluding diaryl/α,β-unsaturated/α-hetero) is 1. The first kappa shape index (κ1) is 24.5. The lowest BCUT2D eigenvalue weighted by Crippen LogP contribution is -2.29. The van der Waals surface area contributed by atoms with E-state index in [1.807, 2.05) is 45.0 Å². The Bertz CT molecular complexity index is 1320. The highest BCUT2D eigenvalue weighted by Gasteiger charge is 2.47. The molecule has 1 aliphatic heterocycles. The highest BCUT2D eigenvalue weighted by molar-refractivity contribution is 6.51. The number of carbonyl (C=O) groups is 2. The van der Waals surface area contributed by atoms with Crippen molar-refractivity contribution in [2.24, 2.45) is 0 Å². The van der Waals surface area contributed by atoms with Crippen LogP contribution in [0.3, 0.4) is 0 Å². The number of hydrogen-bond acceptors (Lipinski definition) is 4. The van der Waals surface area contributed by atoms with Crippen LogP contribution < -0.4 is 9.64 Å². The Labute approximate surface area is 208 Å². The number of benzene rings is 3. The lowest BCUT2D eigenvalue weighted by atomic mass is 9.94. The Kier molecular flexibility index (Phi) is 6.94. The fraction of sp³-hybridized carbons (Fsp3) is 0.214. The van der Waals surface area contributed by atoms with E-state index in [4.69, 9.17) is 16.3 Å². The van der Waals surface area contributed by atoms with Gasteiger partial charge >= 0.3 is 0 Å². The van der Waals surface area contributed by atoms with Crippen LogP contribution in [0, 0.1) is 5.82 Å². The molecule has 35 heavy (non-hydrogen) atoms. The third-order valence-corrected chi connectivity index (χ3v) is 6.10. The van der Waals surface area contributed by atoms with Crippen molar-refractivity contribution in [2.75, 3.05) is 4.90 Å². The molecule has 1 atom stereocenters. The second-order valence-corrected chi connectivity index (χ2v) is 8.96. The van der Waals surface area contributed by atoms with Gasteiger partial charge in [-0.1, -0.05) is 54.9 Å². The van der Waals surface area contributed by atoms with Gasteiger partial charge in [-0.25, -0.2) is 4.39 Å². The van der Waals surface area contributed by atoms with Crippen LogP contribution in [-0.4, -0.2) is 22.9 Å². The van der Waals surface area contributed by atoms with Gasteiger partial charge < -0.3 is 9.84 Å². The number of halogens is 2. The van der Waals surface area contributed by atoms with Gasteiger partial charge in [0.25, 0.3) is 11.7 Å². The van der Waals surface area contributed by atoms with Crippen LogP contribution in [0.15, 0.2) is 72.3 Å². The van der Waals surface area contributed by atoms with E-state index in [-0.39, 0.29) is 28.1 Å². The molecule has 3 aromatic carbocycles. The third-order valence-electron chi connectivity index (χ3n) is 5.81. The molecule has 1 unspecified atom stereocenters. The van der Waals surface area contributed by atoms with Crippen LogP contribution in [-0.2, 0) is 16.0 Å². The number of aryl methyl sites for hydroxylation is 1. The lowest BCUT2D eigenvalue weighted by molar-refractivity contribution is -0.132. The number of ketones is 1. The van der Waals surface area contributed by atoms with Gasteiger partial charge in [-0.15, -0.1) is 0 Å². The summed E-state index contributed by atoms with van der Waals surface area (Å²) in [4.78, 5) is 27.8. The molecule has 1 aliphatic rings. The highest BCUT2D eigenvalue weighted by atomic mass is 35.5. The van der Waals surface area contributed by atoms with Gasteiger partial charge in [-0.05, 0) is 61.7 Å². The van der Waals surface area contributed by atoms with Gasteiger partial charge in [0.05, 0.1) is 22.7 Å². The van der Waals surface area contributed by atoms with Crippen molar-refractivity contribution in [3.05, 3.63) is 99.8 Å². The SMILES string of the molecule is CCc1ccc(C2/C(=C(\O)c3cccc(OC(C)C)c3)C(=O)C(=O)N2c2ccc(F)c(Cl)c2)cc1. The summed E-state index contributed by atoms with van der Waals surface area (Å²) in [7, 11) is 0. The summed E-state index contributed by atoms with van der Waals surface area (Å²) in [6.45, 7) is 5.78. The lowest BCUT2D eigenvalue weighted by Gasteiger charge is -2.26. The molecular weight excluding hydrogens is 469 g/mol. The first-order chi connectivity index (χ1) is 16.7. The molecule has 0 spiro atoms. The third kappa shape index (κ3) is 4.80. The van der Waals surface area contributed by atoms with E-state index in [0.29, 0.717) is 16.9 Å². The summed E-state index contributed by atoms with van der Waals surface area (Å²) >= 11 is 5.99. The molecule has 1 N–H and O–H groups in total. The van der Waals surface area contributed by atoms with Crippen molar-refractivity contribution in [3.8, 4) is 5.75 Å². The molecular formula is C28H25ClFNO4. The Morgan fingerprint density at radius 1 is 1.09 bits per heavy atom. The van der Waals surface area contributed by atoms with Gasteiger partial charge in [0.2, 0.25) is 0 Å². The number of aliphatic hydroxyl groups is 1. The first-order valence-corrected chi connectivity index (χ1v) is 11.7. The highest BCUT2D eigenvalue weighted by Crippen LogP contribution is 2.43. The number of aliphatic hydroxyl groups excluding tert-OH is 1. The van der Waals surface area contributed by atoms with E-state index >= 15 is 0 Å². The summed E-state index contributed by atoms with van der Waals surface area (Å²) in [5, 5.41) is 11.1. The second-order valence-electron chi connectivity index (χ2n) is 8.56. The van der Waals surface area contributed by atoms with E-state index in [0.717, 1.165) is 18.1 Å². The van der Waals surface area contributed by atoms with Crippen molar-refractivity contribution in [1.82, 2.24) is 0 Å². The fourth-order valence-electron chi connectivity index (χ4n) is 4.13. The average Bonchev–Trinajstić information content (AvgIpc) is 3.10. The molecule has 7 heteroatoms. The Balaban J connectivity index is 1.91. The number of anilines is 1. The van der Waals surface area contributed by atoms with Crippen molar-refractivity contribution >= 4 is 34.7 Å². The standard InChI is InChI=1S/C28H25ClFNO4/c1-4-17-8-10-18(11-9-17)25-24(26(32)19-6-5-7-21(14-19)35-16(2)3)27(33)28(34)31(25)20-12-13-23(30)22(29)15-20/h5-16,25,32H,4H2,1-3H3/b26-24+. The first-order valence-electron chi connectivity index (χ1n) is 11.3. The van der Waals surface area contributed by atoms with Gasteiger partial charge in [0, 0.05) is 11.3 Å². The molecule has 1 saturated heterocycles. The van der Waals surface area contributed by atoms with E-state index in [9.17, 15) is 19.1 Å². The molecule has 3 aromatic rings. The summed E-state index contributed by atoms with van der Waals surface area (Å²) in [5.41, 5.74) is 2.22. The van der Waals surface area contributed by atoms with Crippen molar-refractivity contribution in [1.29, 1.82) is 0 Å². The molecule has 0 aliphatic carbocycles. The molecule has 0 radical (unpaired) electrons. The quantitative estimate of drug-likeness (QED) is 0.243. The Morgan fingerprint density at radius 2 is 1.80 bits per heavy atom. The minimum Gasteiger partial charge on any atom is -0.507 e. The Morgan fingerprint density at radius 3 is 2.43 bits per heavy atom. The van der Waals surface area contributed by atoms with Crippen molar-refractivity contribution in [2.45, 2.75) is 39.3 Å². The molecule has 1 fully saturated rings. The average molecular weight is 494 g/mol. The second kappa shape index (κ2) is 9.92. The smallest absolute Gasteiger partial charge is 0.300 e. The van der Waals surface area contributed by atoms with E-state index in [1.165, 1.54) is 17.0 Å². The van der Waals surface area contributed by atoms with Crippen molar-refractivity contribution in [3.63, 3.8) is 0 Å². The normalized spacial score (nSPS) is 17.3. The van der Waals surface area contributed by atoms with Gasteiger partial charge in [-0.2, -0.15) is 0 Å². The zero-order chi connectivity index (χ0) is 25.3. The summed E-state index contributed by atoms with van der Waals surface area (Å²) in [6, 6.07) is 17.1. The molecule has 1 amide bonds. The van der Waals surface area contributed by atoms with Crippen LogP contribution >= 0.6 is 11.6 Å².